The highest BCUT2D eigenvalue weighted by molar-refractivity contribution is 5.71. The summed E-state index contributed by atoms with van der Waals surface area (Å²) < 4.78 is 16.9. The van der Waals surface area contributed by atoms with Crippen molar-refractivity contribution in [3.05, 3.63) is 85.1 Å². The van der Waals surface area contributed by atoms with E-state index in [1.807, 2.05) is 0 Å². The molecule has 0 aromatic rings. The molecule has 0 heterocycles. The Balaban J connectivity index is 4.33. The molecule has 71 heavy (non-hydrogen) atoms. The second-order valence-electron chi connectivity index (χ2n) is 19.9. The highest BCUT2D eigenvalue weighted by atomic mass is 16.6. The zero-order chi connectivity index (χ0) is 51.4. The number of hydrogen-bond acceptors (Lipinski definition) is 6. The molecule has 0 spiro atoms. The van der Waals surface area contributed by atoms with Gasteiger partial charge in [0.1, 0.15) is 13.2 Å². The average Bonchev–Trinajstić information content (AvgIpc) is 3.37. The van der Waals surface area contributed by atoms with Crippen LogP contribution in [0.1, 0.15) is 290 Å². The van der Waals surface area contributed by atoms with Crippen molar-refractivity contribution in [1.29, 1.82) is 0 Å². The van der Waals surface area contributed by atoms with E-state index in [2.05, 4.69) is 106 Å². The highest BCUT2D eigenvalue weighted by Crippen LogP contribution is 2.16. The second-order valence-corrected chi connectivity index (χ2v) is 19.9. The third-order valence-electron chi connectivity index (χ3n) is 12.9. The van der Waals surface area contributed by atoms with E-state index in [1.54, 1.807) is 0 Å². The van der Waals surface area contributed by atoms with E-state index >= 15 is 0 Å². The molecule has 0 saturated heterocycles. The lowest BCUT2D eigenvalue weighted by Gasteiger charge is -2.18. The lowest BCUT2D eigenvalue weighted by Crippen LogP contribution is -2.30. The van der Waals surface area contributed by atoms with Gasteiger partial charge in [0.15, 0.2) is 6.10 Å². The summed E-state index contributed by atoms with van der Waals surface area (Å²) in [4.78, 5) is 38.2. The van der Waals surface area contributed by atoms with Gasteiger partial charge < -0.3 is 14.2 Å². The monoisotopic (exact) mass is 989 g/mol. The molecule has 6 heteroatoms. The molecular formula is C65H112O6. The fraction of sp³-hybridized carbons (Fsp3) is 0.738. The molecule has 0 aliphatic rings. The number of hydrogen-bond donors (Lipinski definition) is 0. The summed E-state index contributed by atoms with van der Waals surface area (Å²) in [6, 6.07) is 0. The fourth-order valence-corrected chi connectivity index (χ4v) is 8.38. The van der Waals surface area contributed by atoms with E-state index in [0.717, 1.165) is 103 Å². The number of esters is 3. The predicted molar refractivity (Wildman–Crippen MR) is 307 cm³/mol. The van der Waals surface area contributed by atoms with Crippen LogP contribution in [0.15, 0.2) is 85.1 Å². The van der Waals surface area contributed by atoms with Crippen LogP contribution < -0.4 is 0 Å². The first-order valence-electron chi connectivity index (χ1n) is 30.1. The molecule has 6 nitrogen and oxygen atoms in total. The van der Waals surface area contributed by atoms with Crippen molar-refractivity contribution in [2.24, 2.45) is 0 Å². The quantitative estimate of drug-likeness (QED) is 0.0261. The molecule has 0 rings (SSSR count). The first-order valence-corrected chi connectivity index (χ1v) is 30.1. The van der Waals surface area contributed by atoms with E-state index in [0.29, 0.717) is 19.3 Å². The van der Waals surface area contributed by atoms with Crippen LogP contribution in [-0.4, -0.2) is 37.2 Å². The Kier molecular flexibility index (Phi) is 56.3. The molecule has 0 aromatic heterocycles. The minimum atomic E-state index is -0.782. The van der Waals surface area contributed by atoms with Crippen molar-refractivity contribution in [2.75, 3.05) is 13.2 Å². The maximum absolute atomic E-state index is 12.9. The second kappa shape index (κ2) is 59.2. The van der Waals surface area contributed by atoms with Crippen molar-refractivity contribution in [1.82, 2.24) is 0 Å². The maximum Gasteiger partial charge on any atom is 0.306 e. The number of unbranched alkanes of at least 4 members (excludes halogenated alkanes) is 29. The van der Waals surface area contributed by atoms with Crippen LogP contribution in [0.2, 0.25) is 0 Å². The van der Waals surface area contributed by atoms with Gasteiger partial charge in [0.2, 0.25) is 0 Å². The minimum Gasteiger partial charge on any atom is -0.462 e. The normalized spacial score (nSPS) is 12.7. The van der Waals surface area contributed by atoms with Crippen LogP contribution in [0.3, 0.4) is 0 Å². The van der Waals surface area contributed by atoms with Gasteiger partial charge in [0, 0.05) is 19.3 Å². The third kappa shape index (κ3) is 57.4. The Labute approximate surface area is 439 Å². The van der Waals surface area contributed by atoms with Gasteiger partial charge in [-0.15, -0.1) is 0 Å². The van der Waals surface area contributed by atoms with Crippen molar-refractivity contribution in [3.8, 4) is 0 Å². The SMILES string of the molecule is CC/C=C\C/C=C\C/C=C\C/C=C\C/C=C\CCCCCCCCCC(=O)OCC(COC(=O)CCCCCCCCCCCCC)OC(=O)CCCCCCCCCCC/C=C\C/C=C\CCCCC. The summed E-state index contributed by atoms with van der Waals surface area (Å²) in [5.74, 6) is -0.887. The van der Waals surface area contributed by atoms with Crippen LogP contribution >= 0.6 is 0 Å². The molecule has 0 aliphatic heterocycles. The van der Waals surface area contributed by atoms with Crippen molar-refractivity contribution in [3.63, 3.8) is 0 Å². The first kappa shape index (κ1) is 67.6. The van der Waals surface area contributed by atoms with E-state index in [1.165, 1.54) is 148 Å². The molecule has 408 valence electrons. The molecule has 0 aromatic carbocycles. The Hall–Kier alpha value is -3.41. The van der Waals surface area contributed by atoms with E-state index < -0.39 is 6.10 Å². The van der Waals surface area contributed by atoms with Crippen LogP contribution in [0, 0.1) is 0 Å². The van der Waals surface area contributed by atoms with Crippen molar-refractivity contribution >= 4 is 17.9 Å². The van der Waals surface area contributed by atoms with Crippen molar-refractivity contribution < 1.29 is 28.6 Å². The number of ether oxygens (including phenoxy) is 3. The van der Waals surface area contributed by atoms with Gasteiger partial charge in [-0.1, -0.05) is 260 Å². The van der Waals surface area contributed by atoms with Crippen molar-refractivity contribution in [2.45, 2.75) is 297 Å². The fourth-order valence-electron chi connectivity index (χ4n) is 8.38. The minimum absolute atomic E-state index is 0.0796. The van der Waals surface area contributed by atoms with Gasteiger partial charge in [-0.05, 0) is 96.3 Å². The number of allylic oxidation sites excluding steroid dienone is 14. The largest absolute Gasteiger partial charge is 0.462 e. The number of rotatable bonds is 54. The summed E-state index contributed by atoms with van der Waals surface area (Å²) >= 11 is 0. The van der Waals surface area contributed by atoms with Gasteiger partial charge >= 0.3 is 17.9 Å². The molecule has 0 amide bonds. The van der Waals surface area contributed by atoms with Gasteiger partial charge in [-0.3, -0.25) is 14.4 Å². The van der Waals surface area contributed by atoms with E-state index in [4.69, 9.17) is 14.2 Å². The van der Waals surface area contributed by atoms with Crippen LogP contribution in [0.25, 0.3) is 0 Å². The molecular weight excluding hydrogens is 877 g/mol. The summed E-state index contributed by atoms with van der Waals surface area (Å²) in [5.41, 5.74) is 0. The lowest BCUT2D eigenvalue weighted by atomic mass is 10.1. The summed E-state index contributed by atoms with van der Waals surface area (Å²) in [6.07, 6.45) is 77.2. The molecule has 1 atom stereocenters. The Morgan fingerprint density at radius 2 is 0.549 bits per heavy atom. The topological polar surface area (TPSA) is 78.9 Å². The molecule has 0 fully saturated rings. The molecule has 0 N–H and O–H groups in total. The zero-order valence-electron chi connectivity index (χ0n) is 46.7. The first-order chi connectivity index (χ1) is 35.0. The van der Waals surface area contributed by atoms with Crippen LogP contribution in [-0.2, 0) is 28.6 Å². The van der Waals surface area contributed by atoms with Gasteiger partial charge in [0.05, 0.1) is 0 Å². The van der Waals surface area contributed by atoms with Gasteiger partial charge in [-0.2, -0.15) is 0 Å². The summed E-state index contributed by atoms with van der Waals surface area (Å²) in [5, 5.41) is 0. The Bertz CT molecular complexity index is 1370. The maximum atomic E-state index is 12.9. The lowest BCUT2D eigenvalue weighted by molar-refractivity contribution is -0.167. The molecule has 0 saturated carbocycles. The summed E-state index contributed by atoms with van der Waals surface area (Å²) in [6.45, 7) is 6.50. The predicted octanol–water partition coefficient (Wildman–Crippen LogP) is 20.3. The van der Waals surface area contributed by atoms with E-state index in [9.17, 15) is 14.4 Å². The number of carbonyl (C=O) groups is 3. The summed E-state index contributed by atoms with van der Waals surface area (Å²) in [7, 11) is 0. The van der Waals surface area contributed by atoms with E-state index in [-0.39, 0.29) is 31.1 Å². The zero-order valence-corrected chi connectivity index (χ0v) is 46.7. The number of carbonyl (C=O) groups excluding carboxylic acids is 3. The third-order valence-corrected chi connectivity index (χ3v) is 12.9. The molecule has 0 bridgehead atoms. The molecule has 0 radical (unpaired) electrons. The van der Waals surface area contributed by atoms with Gasteiger partial charge in [-0.25, -0.2) is 0 Å². The van der Waals surface area contributed by atoms with Crippen LogP contribution in [0.5, 0.6) is 0 Å². The van der Waals surface area contributed by atoms with Gasteiger partial charge in [0.25, 0.3) is 0 Å². The molecule has 0 aliphatic carbocycles. The standard InChI is InChI=1S/C65H112O6/c1-4-7-10-13-16-19-22-24-26-28-30-31-32-33-35-36-38-40-43-46-49-52-55-58-64(67)70-61-62(60-69-63(66)57-54-51-48-45-42-21-18-15-12-9-6-3)71-65(68)59-56-53-50-47-44-41-39-37-34-29-27-25-23-20-17-14-11-8-5-2/h7,10,16-17,19-20,24-27,30-31,33,35,62H,4-6,8-9,11-15,18,21-23,28-29,32,34,36-61H2,1-3H3/b10-7-,19-16-,20-17-,26-24-,27-25-,31-30-,35-33-. The smallest absolute Gasteiger partial charge is 0.306 e. The Morgan fingerprint density at radius 1 is 0.296 bits per heavy atom. The molecule has 1 unspecified atom stereocenters. The average molecular weight is 990 g/mol. The Morgan fingerprint density at radius 3 is 0.887 bits per heavy atom. The highest BCUT2D eigenvalue weighted by Gasteiger charge is 2.19. The van der Waals surface area contributed by atoms with Crippen LogP contribution in [0.4, 0.5) is 0 Å².